The summed E-state index contributed by atoms with van der Waals surface area (Å²) in [5, 5.41) is 9.24. The molecule has 1 aromatic carbocycles. The van der Waals surface area contributed by atoms with Gasteiger partial charge in [-0.25, -0.2) is 0 Å². The van der Waals surface area contributed by atoms with Gasteiger partial charge in [-0.2, -0.15) is 0 Å². The summed E-state index contributed by atoms with van der Waals surface area (Å²) in [7, 11) is 3.02. The highest BCUT2D eigenvalue weighted by Gasteiger charge is 2.32. The van der Waals surface area contributed by atoms with Crippen LogP contribution < -0.4 is 9.47 Å². The molecular weight excluding hydrogens is 366 g/mol. The quantitative estimate of drug-likeness (QED) is 0.861. The van der Waals surface area contributed by atoms with Gasteiger partial charge in [0.05, 0.1) is 24.6 Å². The molecule has 0 spiro atoms. The van der Waals surface area contributed by atoms with Crippen molar-refractivity contribution in [1.82, 2.24) is 4.90 Å². The average Bonchev–Trinajstić information content (AvgIpc) is 2.52. The van der Waals surface area contributed by atoms with E-state index in [0.29, 0.717) is 34.5 Å². The number of carboxylic acids is 1. The van der Waals surface area contributed by atoms with E-state index < -0.39 is 11.9 Å². The molecule has 126 valence electrons. The van der Waals surface area contributed by atoms with Crippen LogP contribution in [0.3, 0.4) is 0 Å². The summed E-state index contributed by atoms with van der Waals surface area (Å²) in [5.41, 5.74) is 0.438. The number of ether oxygens (including phenoxy) is 2. The van der Waals surface area contributed by atoms with Crippen molar-refractivity contribution in [3.8, 4) is 11.5 Å². The van der Waals surface area contributed by atoms with Gasteiger partial charge in [0.2, 0.25) is 0 Å². The van der Waals surface area contributed by atoms with Crippen molar-refractivity contribution in [3.63, 3.8) is 0 Å². The second kappa shape index (κ2) is 7.21. The maximum atomic E-state index is 12.7. The van der Waals surface area contributed by atoms with Gasteiger partial charge in [0.15, 0.2) is 11.5 Å². The van der Waals surface area contributed by atoms with E-state index in [-0.39, 0.29) is 18.4 Å². The first-order chi connectivity index (χ1) is 10.9. The number of hydrogen-bond donors (Lipinski definition) is 1. The number of amides is 1. The minimum Gasteiger partial charge on any atom is -0.493 e. The summed E-state index contributed by atoms with van der Waals surface area (Å²) in [6.07, 6.45) is 0.592. The lowest BCUT2D eigenvalue weighted by atomic mass is 9.90. The van der Waals surface area contributed by atoms with Crippen LogP contribution in [-0.2, 0) is 4.79 Å². The summed E-state index contributed by atoms with van der Waals surface area (Å²) in [6.45, 7) is 2.74. The number of rotatable bonds is 4. The van der Waals surface area contributed by atoms with E-state index in [1.807, 2.05) is 6.92 Å². The standard InChI is InChI=1S/C16H20BrNO5/c1-9-4-11(16(20)21)8-18(7-9)15(19)10-5-12(17)14(23-3)13(6-10)22-2/h5-6,9,11H,4,7-8H2,1-3H3,(H,20,21). The van der Waals surface area contributed by atoms with E-state index in [1.165, 1.54) is 14.2 Å². The molecule has 2 atom stereocenters. The van der Waals surface area contributed by atoms with Crippen molar-refractivity contribution in [2.45, 2.75) is 13.3 Å². The number of nitrogens with zero attached hydrogens (tertiary/aromatic N) is 1. The minimum atomic E-state index is -0.858. The Hall–Kier alpha value is -1.76. The summed E-state index contributed by atoms with van der Waals surface area (Å²) in [6, 6.07) is 3.28. The molecule has 1 aliphatic heterocycles. The second-order valence-corrected chi connectivity index (χ2v) is 6.63. The zero-order valence-electron chi connectivity index (χ0n) is 13.3. The molecule has 2 unspecified atom stereocenters. The molecule has 0 aliphatic carbocycles. The molecule has 0 aromatic heterocycles. The van der Waals surface area contributed by atoms with Gasteiger partial charge in [-0.3, -0.25) is 9.59 Å². The second-order valence-electron chi connectivity index (χ2n) is 5.78. The lowest BCUT2D eigenvalue weighted by Crippen LogP contribution is -2.45. The molecule has 2 rings (SSSR count). The van der Waals surface area contributed by atoms with E-state index in [0.717, 1.165) is 0 Å². The number of methoxy groups -OCH3 is 2. The molecule has 0 bridgehead atoms. The first-order valence-corrected chi connectivity index (χ1v) is 8.10. The van der Waals surface area contributed by atoms with Crippen molar-refractivity contribution >= 4 is 27.8 Å². The van der Waals surface area contributed by atoms with Crippen LogP contribution in [0.4, 0.5) is 0 Å². The van der Waals surface area contributed by atoms with Gasteiger partial charge in [0.1, 0.15) is 0 Å². The van der Waals surface area contributed by atoms with Crippen LogP contribution in [0.1, 0.15) is 23.7 Å². The van der Waals surface area contributed by atoms with Crippen molar-refractivity contribution in [3.05, 3.63) is 22.2 Å². The van der Waals surface area contributed by atoms with Gasteiger partial charge in [-0.1, -0.05) is 6.92 Å². The number of aliphatic carboxylic acids is 1. The number of carboxylic acid groups (broad SMARTS) is 1. The fraction of sp³-hybridized carbons (Fsp3) is 0.500. The van der Waals surface area contributed by atoms with Crippen LogP contribution in [-0.4, -0.2) is 49.2 Å². The molecule has 0 saturated carbocycles. The third-order valence-corrected chi connectivity index (χ3v) is 4.57. The zero-order valence-corrected chi connectivity index (χ0v) is 14.9. The Bertz CT molecular complexity index is 619. The smallest absolute Gasteiger partial charge is 0.308 e. The Balaban J connectivity index is 2.29. The van der Waals surface area contributed by atoms with Crippen LogP contribution in [0.15, 0.2) is 16.6 Å². The number of carbonyl (C=O) groups is 2. The van der Waals surface area contributed by atoms with Crippen LogP contribution in [0.25, 0.3) is 0 Å². The number of benzene rings is 1. The number of carbonyl (C=O) groups excluding carboxylic acids is 1. The third kappa shape index (κ3) is 3.77. The van der Waals surface area contributed by atoms with Gasteiger partial charge in [0.25, 0.3) is 5.91 Å². The van der Waals surface area contributed by atoms with E-state index in [9.17, 15) is 14.7 Å². The Labute approximate surface area is 143 Å². The SMILES string of the molecule is COc1cc(C(=O)N2CC(C)CC(C(=O)O)C2)cc(Br)c1OC. The molecular formula is C16H20BrNO5. The molecule has 7 heteroatoms. The van der Waals surface area contributed by atoms with Crippen molar-refractivity contribution in [2.75, 3.05) is 27.3 Å². The van der Waals surface area contributed by atoms with Crippen molar-refractivity contribution in [2.24, 2.45) is 11.8 Å². The Morgan fingerprint density at radius 2 is 1.96 bits per heavy atom. The van der Waals surface area contributed by atoms with E-state index in [4.69, 9.17) is 9.47 Å². The fourth-order valence-electron chi connectivity index (χ4n) is 2.92. The third-order valence-electron chi connectivity index (χ3n) is 3.98. The highest BCUT2D eigenvalue weighted by Crippen LogP contribution is 2.37. The normalized spacial score (nSPS) is 21.0. The van der Waals surface area contributed by atoms with E-state index in [2.05, 4.69) is 15.9 Å². The number of likely N-dealkylation sites (tertiary alicyclic amines) is 1. The highest BCUT2D eigenvalue weighted by molar-refractivity contribution is 9.10. The first-order valence-electron chi connectivity index (χ1n) is 7.31. The summed E-state index contributed by atoms with van der Waals surface area (Å²) in [4.78, 5) is 25.6. The number of piperidine rings is 1. The van der Waals surface area contributed by atoms with E-state index >= 15 is 0 Å². The molecule has 23 heavy (non-hydrogen) atoms. The maximum absolute atomic E-state index is 12.7. The largest absolute Gasteiger partial charge is 0.493 e. The maximum Gasteiger partial charge on any atom is 0.308 e. The average molecular weight is 386 g/mol. The lowest BCUT2D eigenvalue weighted by Gasteiger charge is -2.34. The van der Waals surface area contributed by atoms with Gasteiger partial charge in [0, 0.05) is 18.7 Å². The summed E-state index contributed by atoms with van der Waals surface area (Å²) < 4.78 is 11.1. The fourth-order valence-corrected chi connectivity index (χ4v) is 3.52. The van der Waals surface area contributed by atoms with Crippen LogP contribution >= 0.6 is 15.9 Å². The van der Waals surface area contributed by atoms with Gasteiger partial charge in [-0.15, -0.1) is 0 Å². The molecule has 1 amide bonds. The van der Waals surface area contributed by atoms with Gasteiger partial charge >= 0.3 is 5.97 Å². The van der Waals surface area contributed by atoms with Crippen molar-refractivity contribution < 1.29 is 24.2 Å². The van der Waals surface area contributed by atoms with Gasteiger partial charge in [-0.05, 0) is 40.4 Å². The Morgan fingerprint density at radius 1 is 1.26 bits per heavy atom. The monoisotopic (exact) mass is 385 g/mol. The topological polar surface area (TPSA) is 76.1 Å². The molecule has 1 N–H and O–H groups in total. The Morgan fingerprint density at radius 3 is 2.52 bits per heavy atom. The molecule has 0 radical (unpaired) electrons. The predicted molar refractivity (Wildman–Crippen MR) is 88.1 cm³/mol. The van der Waals surface area contributed by atoms with E-state index in [1.54, 1.807) is 17.0 Å². The molecule has 6 nitrogen and oxygen atoms in total. The van der Waals surface area contributed by atoms with Crippen molar-refractivity contribution in [1.29, 1.82) is 0 Å². The van der Waals surface area contributed by atoms with Crippen LogP contribution in [0, 0.1) is 11.8 Å². The molecule has 1 aromatic rings. The summed E-state index contributed by atoms with van der Waals surface area (Å²) in [5.74, 6) is -0.472. The molecule has 1 aliphatic rings. The van der Waals surface area contributed by atoms with Gasteiger partial charge < -0.3 is 19.5 Å². The number of hydrogen-bond acceptors (Lipinski definition) is 4. The molecule has 1 heterocycles. The predicted octanol–water partition coefficient (Wildman–Crippen LogP) is 2.65. The summed E-state index contributed by atoms with van der Waals surface area (Å²) >= 11 is 3.37. The zero-order chi connectivity index (χ0) is 17.1. The first kappa shape index (κ1) is 17.6. The lowest BCUT2D eigenvalue weighted by molar-refractivity contribution is -0.143. The Kier molecular flexibility index (Phi) is 5.51. The highest BCUT2D eigenvalue weighted by atomic mass is 79.9. The molecule has 1 fully saturated rings. The minimum absolute atomic E-state index is 0.150. The molecule has 1 saturated heterocycles. The van der Waals surface area contributed by atoms with Crippen LogP contribution in [0.5, 0.6) is 11.5 Å². The number of halogens is 1. The van der Waals surface area contributed by atoms with Crippen LogP contribution in [0.2, 0.25) is 0 Å².